The minimum Gasteiger partial charge on any atom is -0.483 e. The van der Waals surface area contributed by atoms with Gasteiger partial charge in [0.2, 0.25) is 11.7 Å². The van der Waals surface area contributed by atoms with Gasteiger partial charge < -0.3 is 35.4 Å². The lowest BCUT2D eigenvalue weighted by atomic mass is 9.74. The number of anilines is 2. The number of nitrogens with zero attached hydrogens (tertiary/aromatic N) is 5. The summed E-state index contributed by atoms with van der Waals surface area (Å²) in [6.07, 6.45) is 1.12. The average molecular weight is 812 g/mol. The highest BCUT2D eigenvalue weighted by Gasteiger charge is 2.50. The standard InChI is InChI=1S/C33H33F4N7O3.C2HF3O2.CH2O2/c1-2-19-13-21(3-4-22(19)31(46)42-10-7-20(8-11-42)30(45)43-17-33(18-43)15-38-16-33)41-28-29-40-14-24(44(29)12-9-39-28)23-5-6-25(47-32(36)37)27(35)26(23)34;3-2(4,5)1(6)7;2-1-3/h3-6,9,12-14,20,32,38H,2,7-8,10-11,15-18H2,1H3,(H,39,41);(H,6,7);1H,(H,2,3). The lowest BCUT2D eigenvalue weighted by Gasteiger charge is -2.56. The van der Waals surface area contributed by atoms with Crippen LogP contribution in [0.2, 0.25) is 0 Å². The molecule has 3 aliphatic rings. The maximum absolute atomic E-state index is 14.9. The van der Waals surface area contributed by atoms with E-state index >= 15 is 0 Å². The zero-order chi connectivity index (χ0) is 41.7. The van der Waals surface area contributed by atoms with E-state index in [1.807, 2.05) is 22.8 Å². The molecule has 2 aromatic carbocycles. The summed E-state index contributed by atoms with van der Waals surface area (Å²) in [5.74, 6) is -6.11. The molecule has 7 rings (SSSR count). The number of ether oxygens (including phenoxy) is 1. The zero-order valence-corrected chi connectivity index (χ0v) is 30.0. The van der Waals surface area contributed by atoms with E-state index in [-0.39, 0.29) is 35.5 Å². The molecule has 0 atom stereocenters. The van der Waals surface area contributed by atoms with Gasteiger partial charge in [0.15, 0.2) is 23.0 Å². The van der Waals surface area contributed by atoms with E-state index in [2.05, 4.69) is 25.3 Å². The first-order chi connectivity index (χ1) is 27.0. The lowest BCUT2D eigenvalue weighted by Crippen LogP contribution is -2.72. The van der Waals surface area contributed by atoms with Crippen molar-refractivity contribution in [3.8, 4) is 17.0 Å². The molecule has 0 unspecified atom stereocenters. The number of carboxylic acid groups (broad SMARTS) is 2. The fourth-order valence-corrected chi connectivity index (χ4v) is 6.81. The second-order valence-corrected chi connectivity index (χ2v) is 13.4. The summed E-state index contributed by atoms with van der Waals surface area (Å²) in [7, 11) is 0. The minimum atomic E-state index is -5.08. The Labute approximate surface area is 319 Å². The van der Waals surface area contributed by atoms with Crippen LogP contribution in [0.15, 0.2) is 48.9 Å². The van der Waals surface area contributed by atoms with Gasteiger partial charge in [-0.25, -0.2) is 19.2 Å². The van der Waals surface area contributed by atoms with Crippen LogP contribution in [0, 0.1) is 23.0 Å². The molecule has 0 aliphatic carbocycles. The third kappa shape index (κ3) is 9.35. The molecule has 14 nitrogen and oxygen atoms in total. The van der Waals surface area contributed by atoms with E-state index in [1.165, 1.54) is 23.0 Å². The van der Waals surface area contributed by atoms with Crippen LogP contribution in [-0.2, 0) is 20.8 Å². The Hall–Kier alpha value is -5.99. The number of aryl methyl sites for hydroxylation is 1. The Bertz CT molecular complexity index is 2110. The van der Waals surface area contributed by atoms with Gasteiger partial charge in [-0.3, -0.25) is 18.8 Å². The molecule has 0 saturated carbocycles. The largest absolute Gasteiger partial charge is 0.490 e. The van der Waals surface area contributed by atoms with Gasteiger partial charge in [-0.05, 0) is 55.2 Å². The molecule has 3 saturated heterocycles. The van der Waals surface area contributed by atoms with Crippen molar-refractivity contribution < 1.29 is 64.9 Å². The monoisotopic (exact) mass is 811 g/mol. The van der Waals surface area contributed by atoms with Crippen molar-refractivity contribution in [1.82, 2.24) is 29.5 Å². The smallest absolute Gasteiger partial charge is 0.483 e. The van der Waals surface area contributed by atoms with Crippen LogP contribution in [0.4, 0.5) is 42.2 Å². The number of aromatic nitrogens is 3. The molecule has 3 aliphatic heterocycles. The number of halogens is 7. The molecule has 0 radical (unpaired) electrons. The van der Waals surface area contributed by atoms with Crippen molar-refractivity contribution in [3.05, 3.63) is 71.7 Å². The molecule has 2 amide bonds. The number of benzene rings is 2. The Morgan fingerprint density at radius 1 is 1.05 bits per heavy atom. The predicted molar refractivity (Wildman–Crippen MR) is 187 cm³/mol. The van der Waals surface area contributed by atoms with Crippen LogP contribution in [0.25, 0.3) is 16.9 Å². The third-order valence-corrected chi connectivity index (χ3v) is 9.68. The summed E-state index contributed by atoms with van der Waals surface area (Å²) >= 11 is 0. The van der Waals surface area contributed by atoms with Gasteiger partial charge in [0.1, 0.15) is 0 Å². The Morgan fingerprint density at radius 3 is 2.26 bits per heavy atom. The second-order valence-electron chi connectivity index (χ2n) is 13.4. The van der Waals surface area contributed by atoms with E-state index in [4.69, 9.17) is 19.8 Å². The molecular formula is C36H36F7N7O7. The highest BCUT2D eigenvalue weighted by atomic mass is 19.4. The summed E-state index contributed by atoms with van der Waals surface area (Å²) in [5, 5.41) is 20.5. The van der Waals surface area contributed by atoms with Crippen LogP contribution in [0.3, 0.4) is 0 Å². The van der Waals surface area contributed by atoms with Crippen molar-refractivity contribution >= 4 is 41.4 Å². The van der Waals surface area contributed by atoms with Crippen LogP contribution in [0.1, 0.15) is 35.7 Å². The fourth-order valence-electron chi connectivity index (χ4n) is 6.81. The summed E-state index contributed by atoms with van der Waals surface area (Å²) in [5.41, 5.74) is 2.65. The number of piperidine rings is 1. The van der Waals surface area contributed by atoms with Gasteiger partial charge in [0.25, 0.3) is 12.4 Å². The number of alkyl halides is 5. The number of nitrogens with one attached hydrogen (secondary N) is 2. The molecule has 3 fully saturated rings. The number of hydrogen-bond donors (Lipinski definition) is 4. The number of aliphatic carboxylic acids is 1. The van der Waals surface area contributed by atoms with Crippen LogP contribution < -0.4 is 15.4 Å². The van der Waals surface area contributed by atoms with Crippen LogP contribution in [-0.4, -0.2) is 111 Å². The van der Waals surface area contributed by atoms with Gasteiger partial charge in [-0.2, -0.15) is 26.3 Å². The first-order valence-electron chi connectivity index (χ1n) is 17.3. The van der Waals surface area contributed by atoms with E-state index in [0.717, 1.165) is 43.9 Å². The first kappa shape index (κ1) is 42.2. The maximum atomic E-state index is 14.9. The van der Waals surface area contributed by atoms with Crippen molar-refractivity contribution in [3.63, 3.8) is 0 Å². The number of carbonyl (C=O) groups excluding carboxylic acids is 2. The Morgan fingerprint density at radius 2 is 1.70 bits per heavy atom. The van der Waals surface area contributed by atoms with E-state index in [0.29, 0.717) is 60.5 Å². The highest BCUT2D eigenvalue weighted by molar-refractivity contribution is 5.96. The third-order valence-electron chi connectivity index (χ3n) is 9.68. The molecule has 1 spiro atoms. The maximum Gasteiger partial charge on any atom is 0.490 e. The fraction of sp³-hybridized carbons (Fsp3) is 0.389. The van der Waals surface area contributed by atoms with E-state index < -0.39 is 36.1 Å². The minimum absolute atomic E-state index is 0.0468. The number of rotatable bonds is 8. The van der Waals surface area contributed by atoms with E-state index in [9.17, 15) is 40.3 Å². The van der Waals surface area contributed by atoms with Gasteiger partial charge in [0, 0.05) is 79.8 Å². The predicted octanol–water partition coefficient (Wildman–Crippen LogP) is 5.20. The summed E-state index contributed by atoms with van der Waals surface area (Å²) in [6.45, 7) is 3.10. The topological polar surface area (TPSA) is 179 Å². The van der Waals surface area contributed by atoms with Gasteiger partial charge >= 0.3 is 18.8 Å². The Kier molecular flexibility index (Phi) is 12.9. The number of imidazole rings is 1. The molecule has 21 heteroatoms. The molecule has 5 heterocycles. The number of amides is 2. The summed E-state index contributed by atoms with van der Waals surface area (Å²) in [4.78, 5) is 56.3. The van der Waals surface area contributed by atoms with Crippen molar-refractivity contribution in [2.75, 3.05) is 44.6 Å². The highest BCUT2D eigenvalue weighted by Crippen LogP contribution is 2.37. The quantitative estimate of drug-likeness (QED) is 0.136. The SMILES string of the molecule is CCc1cc(Nc2nccn3c(-c4ccc(OC(F)F)c(F)c4F)cnc23)ccc1C(=O)N1CCC(C(=O)N2CC3(CNC3)C2)CC1.O=C(O)C(F)(F)F.O=CO. The number of carboxylic acids is 1. The van der Waals surface area contributed by atoms with Crippen molar-refractivity contribution in [1.29, 1.82) is 0 Å². The van der Waals surface area contributed by atoms with Crippen molar-refractivity contribution in [2.45, 2.75) is 39.0 Å². The van der Waals surface area contributed by atoms with Crippen molar-refractivity contribution in [2.24, 2.45) is 11.3 Å². The second kappa shape index (κ2) is 17.4. The number of likely N-dealkylation sites (tertiary alicyclic amines) is 2. The normalized spacial score (nSPS) is 16.1. The summed E-state index contributed by atoms with van der Waals surface area (Å²) < 4.78 is 91.8. The number of fused-ring (bicyclic) bond motifs is 1. The van der Waals surface area contributed by atoms with Crippen LogP contribution >= 0.6 is 0 Å². The number of carbonyl (C=O) groups is 4. The summed E-state index contributed by atoms with van der Waals surface area (Å²) in [6, 6.07) is 7.48. The average Bonchev–Trinajstić information content (AvgIpc) is 3.57. The van der Waals surface area contributed by atoms with E-state index in [1.54, 1.807) is 12.1 Å². The van der Waals surface area contributed by atoms with Crippen LogP contribution in [0.5, 0.6) is 5.75 Å². The molecule has 4 N–H and O–H groups in total. The molecule has 306 valence electrons. The molecule has 57 heavy (non-hydrogen) atoms. The van der Waals surface area contributed by atoms with Gasteiger partial charge in [-0.15, -0.1) is 0 Å². The van der Waals surface area contributed by atoms with Gasteiger partial charge in [-0.1, -0.05) is 6.92 Å². The first-order valence-corrected chi connectivity index (χ1v) is 17.3. The van der Waals surface area contributed by atoms with Gasteiger partial charge in [0.05, 0.1) is 11.9 Å². The molecule has 0 bridgehead atoms. The lowest BCUT2D eigenvalue weighted by molar-refractivity contribution is -0.192. The zero-order valence-electron chi connectivity index (χ0n) is 30.0. The number of hydrogen-bond acceptors (Lipinski definition) is 9. The molecular weight excluding hydrogens is 775 g/mol. The molecule has 4 aromatic rings. The molecule has 2 aromatic heterocycles. The Balaban J connectivity index is 0.000000555.